The van der Waals surface area contributed by atoms with Crippen LogP contribution in [-0.2, 0) is 27.4 Å². The van der Waals surface area contributed by atoms with E-state index in [9.17, 15) is 9.59 Å². The number of nitrogens with zero attached hydrogens (tertiary/aromatic N) is 3. The van der Waals surface area contributed by atoms with E-state index in [1.807, 2.05) is 11.1 Å². The van der Waals surface area contributed by atoms with Crippen LogP contribution in [0.25, 0.3) is 0 Å². The van der Waals surface area contributed by atoms with E-state index in [1.165, 1.54) is 0 Å². The number of imidazole rings is 1. The summed E-state index contributed by atoms with van der Waals surface area (Å²) < 4.78 is 7.05. The first-order valence-electron chi connectivity index (χ1n) is 6.88. The van der Waals surface area contributed by atoms with Gasteiger partial charge in [-0.25, -0.2) is 4.98 Å². The van der Waals surface area contributed by atoms with Gasteiger partial charge in [0, 0.05) is 25.5 Å². The van der Waals surface area contributed by atoms with Gasteiger partial charge in [0.2, 0.25) is 0 Å². The van der Waals surface area contributed by atoms with Gasteiger partial charge in [-0.2, -0.15) is 0 Å². The maximum Gasteiger partial charge on any atom is 0.319 e. The Morgan fingerprint density at radius 2 is 2.15 bits per heavy atom. The van der Waals surface area contributed by atoms with Crippen LogP contribution < -0.4 is 0 Å². The first-order chi connectivity index (χ1) is 9.45. The lowest BCUT2D eigenvalue weighted by molar-refractivity contribution is -0.158. The second-order valence-corrected chi connectivity index (χ2v) is 5.52. The third-order valence-corrected chi connectivity index (χ3v) is 3.67. The minimum atomic E-state index is -1.09. The van der Waals surface area contributed by atoms with E-state index in [4.69, 9.17) is 4.74 Å². The van der Waals surface area contributed by atoms with E-state index >= 15 is 0 Å². The van der Waals surface area contributed by atoms with Gasteiger partial charge in [0.1, 0.15) is 11.2 Å². The summed E-state index contributed by atoms with van der Waals surface area (Å²) in [5, 5.41) is 0. The van der Waals surface area contributed by atoms with Gasteiger partial charge < -0.3 is 9.30 Å². The standard InChI is InChI=1S/C14H21N3O3/c1-4-20-13(19)14(2,3)11(18)9-16-7-8-17-6-5-15-12(17)10-16/h5-6H,4,7-10H2,1-3H3. The Labute approximate surface area is 118 Å². The zero-order valence-corrected chi connectivity index (χ0v) is 12.3. The summed E-state index contributed by atoms with van der Waals surface area (Å²) in [4.78, 5) is 30.4. The third-order valence-electron chi connectivity index (χ3n) is 3.67. The normalized spacial score (nSPS) is 15.8. The number of esters is 1. The van der Waals surface area contributed by atoms with Crippen molar-refractivity contribution in [2.75, 3.05) is 19.7 Å². The van der Waals surface area contributed by atoms with Crippen LogP contribution in [0.5, 0.6) is 0 Å². The van der Waals surface area contributed by atoms with Gasteiger partial charge in [0.15, 0.2) is 5.78 Å². The topological polar surface area (TPSA) is 64.4 Å². The molecule has 2 heterocycles. The van der Waals surface area contributed by atoms with Crippen LogP contribution in [0, 0.1) is 5.41 Å². The fourth-order valence-corrected chi connectivity index (χ4v) is 2.18. The average Bonchev–Trinajstić information content (AvgIpc) is 2.86. The molecule has 6 heteroatoms. The van der Waals surface area contributed by atoms with E-state index in [0.29, 0.717) is 6.54 Å². The molecule has 0 fully saturated rings. The molecule has 0 atom stereocenters. The number of ether oxygens (including phenoxy) is 1. The molecule has 0 bridgehead atoms. The van der Waals surface area contributed by atoms with Crippen LogP contribution in [0.15, 0.2) is 12.4 Å². The summed E-state index contributed by atoms with van der Waals surface area (Å²) >= 11 is 0. The lowest BCUT2D eigenvalue weighted by Gasteiger charge is -2.29. The Morgan fingerprint density at radius 1 is 1.40 bits per heavy atom. The molecule has 0 amide bonds. The Bertz CT molecular complexity index is 508. The number of hydrogen-bond acceptors (Lipinski definition) is 5. The van der Waals surface area contributed by atoms with Crippen molar-refractivity contribution in [1.82, 2.24) is 14.5 Å². The number of aromatic nitrogens is 2. The molecule has 0 aliphatic carbocycles. The van der Waals surface area contributed by atoms with Crippen molar-refractivity contribution in [3.05, 3.63) is 18.2 Å². The quantitative estimate of drug-likeness (QED) is 0.591. The zero-order valence-electron chi connectivity index (χ0n) is 12.3. The van der Waals surface area contributed by atoms with Crippen molar-refractivity contribution in [3.8, 4) is 0 Å². The maximum absolute atomic E-state index is 12.3. The molecule has 1 aromatic heterocycles. The molecule has 2 rings (SSSR count). The molecular formula is C14H21N3O3. The molecule has 20 heavy (non-hydrogen) atoms. The maximum atomic E-state index is 12.3. The molecule has 0 saturated heterocycles. The van der Waals surface area contributed by atoms with Crippen molar-refractivity contribution in [3.63, 3.8) is 0 Å². The Morgan fingerprint density at radius 3 is 2.85 bits per heavy atom. The second-order valence-electron chi connectivity index (χ2n) is 5.52. The van der Waals surface area contributed by atoms with Crippen LogP contribution in [-0.4, -0.2) is 45.9 Å². The Hall–Kier alpha value is -1.69. The van der Waals surface area contributed by atoms with Gasteiger partial charge in [0.05, 0.1) is 19.7 Å². The number of rotatable bonds is 5. The molecule has 0 radical (unpaired) electrons. The zero-order chi connectivity index (χ0) is 14.8. The largest absolute Gasteiger partial charge is 0.465 e. The van der Waals surface area contributed by atoms with Gasteiger partial charge in [-0.3, -0.25) is 14.5 Å². The first-order valence-corrected chi connectivity index (χ1v) is 6.88. The summed E-state index contributed by atoms with van der Waals surface area (Å²) in [7, 11) is 0. The van der Waals surface area contributed by atoms with Gasteiger partial charge in [0.25, 0.3) is 0 Å². The van der Waals surface area contributed by atoms with E-state index in [0.717, 1.165) is 18.9 Å². The molecule has 1 aromatic rings. The lowest BCUT2D eigenvalue weighted by atomic mass is 9.87. The van der Waals surface area contributed by atoms with Crippen LogP contribution in [0.3, 0.4) is 0 Å². The van der Waals surface area contributed by atoms with E-state index in [-0.39, 0.29) is 18.9 Å². The summed E-state index contributed by atoms with van der Waals surface area (Å²) in [5.74, 6) is 0.387. The second kappa shape index (κ2) is 5.75. The monoisotopic (exact) mass is 279 g/mol. The minimum absolute atomic E-state index is 0.115. The van der Waals surface area contributed by atoms with Crippen molar-refractivity contribution >= 4 is 11.8 Å². The fraction of sp³-hybridized carbons (Fsp3) is 0.643. The van der Waals surface area contributed by atoms with Crippen molar-refractivity contribution in [2.45, 2.75) is 33.9 Å². The Kier molecular flexibility index (Phi) is 4.23. The number of ketones is 1. The molecule has 0 aromatic carbocycles. The highest BCUT2D eigenvalue weighted by Crippen LogP contribution is 2.21. The predicted molar refractivity (Wildman–Crippen MR) is 72.9 cm³/mol. The first kappa shape index (κ1) is 14.7. The molecule has 0 saturated carbocycles. The summed E-state index contributed by atoms with van der Waals surface area (Å²) in [6, 6.07) is 0. The molecule has 0 N–H and O–H groups in total. The summed E-state index contributed by atoms with van der Waals surface area (Å²) in [6.45, 7) is 7.77. The number of carbonyl (C=O) groups excluding carboxylic acids is 2. The molecular weight excluding hydrogens is 258 g/mol. The minimum Gasteiger partial charge on any atom is -0.465 e. The van der Waals surface area contributed by atoms with Crippen LogP contribution in [0.2, 0.25) is 0 Å². The van der Waals surface area contributed by atoms with Crippen LogP contribution >= 0.6 is 0 Å². The SMILES string of the molecule is CCOC(=O)C(C)(C)C(=O)CN1CCn2ccnc2C1. The van der Waals surface area contributed by atoms with Crippen molar-refractivity contribution in [1.29, 1.82) is 0 Å². The van der Waals surface area contributed by atoms with Gasteiger partial charge in [-0.1, -0.05) is 0 Å². The van der Waals surface area contributed by atoms with Gasteiger partial charge in [-0.15, -0.1) is 0 Å². The molecule has 6 nitrogen and oxygen atoms in total. The molecule has 110 valence electrons. The number of Topliss-reactive ketones (excluding diaryl/α,β-unsaturated/α-hetero) is 1. The fourth-order valence-electron chi connectivity index (χ4n) is 2.18. The van der Waals surface area contributed by atoms with Gasteiger partial charge >= 0.3 is 5.97 Å². The predicted octanol–water partition coefficient (Wildman–Crippen LogP) is 0.857. The lowest BCUT2D eigenvalue weighted by Crippen LogP contribution is -2.44. The molecule has 1 aliphatic rings. The summed E-state index contributed by atoms with van der Waals surface area (Å²) in [6.07, 6.45) is 3.71. The average molecular weight is 279 g/mol. The Balaban J connectivity index is 1.97. The third kappa shape index (κ3) is 2.90. The van der Waals surface area contributed by atoms with Crippen LogP contribution in [0.4, 0.5) is 0 Å². The van der Waals surface area contributed by atoms with Crippen LogP contribution in [0.1, 0.15) is 26.6 Å². The van der Waals surface area contributed by atoms with Crippen molar-refractivity contribution in [2.24, 2.45) is 5.41 Å². The molecule has 0 spiro atoms. The van der Waals surface area contributed by atoms with E-state index in [1.54, 1.807) is 27.0 Å². The number of hydrogen-bond donors (Lipinski definition) is 0. The highest BCUT2D eigenvalue weighted by molar-refractivity contribution is 6.03. The summed E-state index contributed by atoms with van der Waals surface area (Å²) in [5.41, 5.74) is -1.09. The smallest absolute Gasteiger partial charge is 0.319 e. The highest BCUT2D eigenvalue weighted by atomic mass is 16.5. The number of carbonyl (C=O) groups is 2. The highest BCUT2D eigenvalue weighted by Gasteiger charge is 2.38. The molecule has 0 unspecified atom stereocenters. The number of fused-ring (bicyclic) bond motifs is 1. The van der Waals surface area contributed by atoms with E-state index < -0.39 is 11.4 Å². The molecule has 1 aliphatic heterocycles. The van der Waals surface area contributed by atoms with Gasteiger partial charge in [-0.05, 0) is 20.8 Å². The van der Waals surface area contributed by atoms with E-state index in [2.05, 4.69) is 9.55 Å². The van der Waals surface area contributed by atoms with Crippen molar-refractivity contribution < 1.29 is 14.3 Å².